The van der Waals surface area contributed by atoms with Gasteiger partial charge in [-0.3, -0.25) is 15.1 Å². The molecule has 0 bridgehead atoms. The topological polar surface area (TPSA) is 96.5 Å². The lowest BCUT2D eigenvalue weighted by atomic mass is 10.0. The quantitative estimate of drug-likeness (QED) is 0.256. The van der Waals surface area contributed by atoms with Gasteiger partial charge >= 0.3 is 0 Å². The number of rotatable bonds is 5. The molecule has 1 aliphatic heterocycles. The van der Waals surface area contributed by atoms with Gasteiger partial charge < -0.3 is 19.9 Å². The normalized spacial score (nSPS) is 17.7. The Bertz CT molecular complexity index is 1320. The van der Waals surface area contributed by atoms with Crippen molar-refractivity contribution < 1.29 is 10.0 Å². The van der Waals surface area contributed by atoms with Crippen LogP contribution in [-0.2, 0) is 0 Å². The van der Waals surface area contributed by atoms with Crippen molar-refractivity contribution in [1.29, 1.82) is 0 Å². The molecule has 2 aromatic heterocycles. The lowest BCUT2D eigenvalue weighted by molar-refractivity contribution is -0.384. The summed E-state index contributed by atoms with van der Waals surface area (Å²) in [6.45, 7) is 0. The number of aromatic nitrogens is 2. The first-order valence-electron chi connectivity index (χ1n) is 10.2. The fraction of sp³-hybridized carbons (Fsp3) is 0.0833. The molecule has 1 fully saturated rings. The number of non-ortho nitro benzene ring substituents is 1. The number of nitrogens with one attached hydrogen (secondary N) is 1. The summed E-state index contributed by atoms with van der Waals surface area (Å²) in [5.74, 6) is 0.162. The van der Waals surface area contributed by atoms with Crippen LogP contribution < -0.4 is 10.2 Å². The molecule has 4 aromatic rings. The number of pyridine rings is 1. The Morgan fingerprint density at radius 2 is 1.82 bits per heavy atom. The van der Waals surface area contributed by atoms with Gasteiger partial charge in [0.15, 0.2) is 5.11 Å². The highest BCUT2D eigenvalue weighted by Crippen LogP contribution is 2.42. The highest BCUT2D eigenvalue weighted by molar-refractivity contribution is 7.80. The maximum Gasteiger partial charge on any atom is 0.271 e. The average molecular weight is 458 g/mol. The second-order valence-corrected chi connectivity index (χ2v) is 7.98. The summed E-state index contributed by atoms with van der Waals surface area (Å²) in [4.78, 5) is 17.5. The number of hydrogen-bond acceptors (Lipinski definition) is 5. The summed E-state index contributed by atoms with van der Waals surface area (Å²) in [5, 5.41) is 25.0. The molecule has 2 N–H and O–H groups in total. The average Bonchev–Trinajstić information content (AvgIpc) is 3.44. The van der Waals surface area contributed by atoms with E-state index in [9.17, 15) is 15.2 Å². The van der Waals surface area contributed by atoms with Crippen molar-refractivity contribution in [3.8, 4) is 11.4 Å². The van der Waals surface area contributed by atoms with Crippen molar-refractivity contribution >= 4 is 28.7 Å². The van der Waals surface area contributed by atoms with Gasteiger partial charge in [-0.25, -0.2) is 0 Å². The Hall–Kier alpha value is -4.24. The number of phenols is 1. The Balaban J connectivity index is 1.66. The fourth-order valence-electron chi connectivity index (χ4n) is 4.17. The zero-order valence-corrected chi connectivity index (χ0v) is 18.1. The Kier molecular flexibility index (Phi) is 5.23. The van der Waals surface area contributed by atoms with Gasteiger partial charge in [0.1, 0.15) is 11.8 Å². The van der Waals surface area contributed by atoms with E-state index in [0.717, 1.165) is 17.1 Å². The summed E-state index contributed by atoms with van der Waals surface area (Å²) in [7, 11) is 0. The van der Waals surface area contributed by atoms with Crippen molar-refractivity contribution in [2.24, 2.45) is 0 Å². The van der Waals surface area contributed by atoms with Crippen LogP contribution in [0.2, 0.25) is 0 Å². The number of anilines is 1. The monoisotopic (exact) mass is 457 g/mol. The molecule has 0 spiro atoms. The third-order valence-electron chi connectivity index (χ3n) is 5.63. The van der Waals surface area contributed by atoms with Gasteiger partial charge in [0.2, 0.25) is 0 Å². The largest absolute Gasteiger partial charge is 0.508 e. The number of aromatic hydroxyl groups is 1. The minimum Gasteiger partial charge on any atom is -0.508 e. The van der Waals surface area contributed by atoms with E-state index in [-0.39, 0.29) is 23.5 Å². The third-order valence-corrected chi connectivity index (χ3v) is 5.94. The van der Waals surface area contributed by atoms with Crippen molar-refractivity contribution in [2.75, 3.05) is 4.90 Å². The molecule has 0 amide bonds. The number of phenolic OH excluding ortho intramolecular Hbond substituents is 1. The summed E-state index contributed by atoms with van der Waals surface area (Å²) in [6.07, 6.45) is 3.61. The number of nitrogens with zero attached hydrogens (tertiary/aromatic N) is 4. The van der Waals surface area contributed by atoms with Gasteiger partial charge in [-0.2, -0.15) is 0 Å². The molecular formula is C24H19N5O3S. The number of hydrogen-bond donors (Lipinski definition) is 2. The van der Waals surface area contributed by atoms with Gasteiger partial charge in [-0.15, -0.1) is 0 Å². The first kappa shape index (κ1) is 20.7. The maximum atomic E-state index is 11.3. The zero-order chi connectivity index (χ0) is 22.9. The van der Waals surface area contributed by atoms with Crippen LogP contribution in [0, 0.1) is 10.1 Å². The second kappa shape index (κ2) is 8.36. The first-order valence-corrected chi connectivity index (χ1v) is 10.7. The van der Waals surface area contributed by atoms with Crippen LogP contribution >= 0.6 is 12.2 Å². The molecule has 164 valence electrons. The Morgan fingerprint density at radius 1 is 1.00 bits per heavy atom. The molecule has 3 heterocycles. The molecule has 0 radical (unpaired) electrons. The van der Waals surface area contributed by atoms with Crippen LogP contribution in [0.25, 0.3) is 5.69 Å². The van der Waals surface area contributed by atoms with Crippen LogP contribution in [-0.4, -0.2) is 24.7 Å². The van der Waals surface area contributed by atoms with Gasteiger partial charge in [0, 0.05) is 35.9 Å². The molecule has 8 nitrogen and oxygen atoms in total. The number of nitro benzene ring substituents is 1. The molecule has 0 aliphatic carbocycles. The van der Waals surface area contributed by atoms with E-state index in [1.165, 1.54) is 6.07 Å². The van der Waals surface area contributed by atoms with Crippen molar-refractivity contribution in [2.45, 2.75) is 12.1 Å². The Labute approximate surface area is 194 Å². The van der Waals surface area contributed by atoms with E-state index < -0.39 is 4.92 Å². The SMILES string of the molecule is O=[N+]([O-])c1cccc(-n2cccc2[C@H]2[C@H](c3ccccn3)NC(=S)N2c2ccc(O)cc2)c1. The minimum atomic E-state index is -0.404. The smallest absolute Gasteiger partial charge is 0.271 e. The molecule has 1 aliphatic rings. The summed E-state index contributed by atoms with van der Waals surface area (Å²) >= 11 is 5.72. The highest BCUT2D eigenvalue weighted by atomic mass is 32.1. The van der Waals surface area contributed by atoms with Crippen LogP contribution in [0.15, 0.2) is 91.3 Å². The van der Waals surface area contributed by atoms with E-state index >= 15 is 0 Å². The molecule has 9 heteroatoms. The molecule has 0 saturated carbocycles. The summed E-state index contributed by atoms with van der Waals surface area (Å²) in [6, 6.07) is 22.4. The number of benzene rings is 2. The minimum absolute atomic E-state index is 0.0175. The molecule has 0 unspecified atom stereocenters. The van der Waals surface area contributed by atoms with Crippen molar-refractivity contribution in [1.82, 2.24) is 14.9 Å². The standard InChI is InChI=1S/C24H19N5O3S/c30-19-11-9-16(10-12-19)28-23(22(26-24(28)33)20-7-1-2-13-25-20)21-8-4-14-27(21)17-5-3-6-18(15-17)29(31)32/h1-15,22-23,30H,(H,26,33)/t22-,23-/m0/s1. The van der Waals surface area contributed by atoms with Crippen LogP contribution in [0.3, 0.4) is 0 Å². The summed E-state index contributed by atoms with van der Waals surface area (Å²) < 4.78 is 1.93. The van der Waals surface area contributed by atoms with E-state index in [1.807, 2.05) is 52.1 Å². The number of nitro groups is 1. The van der Waals surface area contributed by atoms with Gasteiger partial charge in [-0.05, 0) is 66.8 Å². The van der Waals surface area contributed by atoms with Crippen LogP contribution in [0.5, 0.6) is 5.75 Å². The predicted octanol–water partition coefficient (Wildman–Crippen LogP) is 4.66. The number of thiocarbonyl (C=S) groups is 1. The molecule has 33 heavy (non-hydrogen) atoms. The van der Waals surface area contributed by atoms with E-state index in [0.29, 0.717) is 10.8 Å². The molecular weight excluding hydrogens is 438 g/mol. The summed E-state index contributed by atoms with van der Waals surface area (Å²) in [5.41, 5.74) is 3.20. The fourth-order valence-corrected chi connectivity index (χ4v) is 4.52. The van der Waals surface area contributed by atoms with Crippen molar-refractivity contribution in [3.05, 3.63) is 113 Å². The van der Waals surface area contributed by atoms with Gasteiger partial charge in [0.25, 0.3) is 5.69 Å². The Morgan fingerprint density at radius 3 is 2.55 bits per heavy atom. The van der Waals surface area contributed by atoms with Crippen molar-refractivity contribution in [3.63, 3.8) is 0 Å². The van der Waals surface area contributed by atoms with E-state index in [2.05, 4.69) is 10.3 Å². The molecule has 1 saturated heterocycles. The van der Waals surface area contributed by atoms with Crippen LogP contribution in [0.4, 0.5) is 11.4 Å². The first-order chi connectivity index (χ1) is 16.0. The zero-order valence-electron chi connectivity index (χ0n) is 17.3. The predicted molar refractivity (Wildman–Crippen MR) is 128 cm³/mol. The van der Waals surface area contributed by atoms with E-state index in [1.54, 1.807) is 42.6 Å². The van der Waals surface area contributed by atoms with Gasteiger partial charge in [-0.1, -0.05) is 12.1 Å². The molecule has 2 aromatic carbocycles. The lowest BCUT2D eigenvalue weighted by Crippen LogP contribution is -2.30. The van der Waals surface area contributed by atoms with E-state index in [4.69, 9.17) is 12.2 Å². The third kappa shape index (κ3) is 3.79. The molecule has 5 rings (SSSR count). The maximum absolute atomic E-state index is 11.3. The molecule has 2 atom stereocenters. The van der Waals surface area contributed by atoms with Crippen LogP contribution in [0.1, 0.15) is 23.5 Å². The second-order valence-electron chi connectivity index (χ2n) is 7.59. The highest BCUT2D eigenvalue weighted by Gasteiger charge is 2.42. The van der Waals surface area contributed by atoms with Gasteiger partial charge in [0.05, 0.1) is 22.3 Å². The lowest BCUT2D eigenvalue weighted by Gasteiger charge is -2.29.